The normalized spacial score (nSPS) is 17.5. The zero-order valence-electron chi connectivity index (χ0n) is 12.8. The Kier molecular flexibility index (Phi) is 4.55. The molecule has 3 rings (SSSR count). The second-order valence-corrected chi connectivity index (χ2v) is 5.62. The summed E-state index contributed by atoms with van der Waals surface area (Å²) in [6.45, 7) is 0.653. The number of rotatable bonds is 3. The molecule has 0 bridgehead atoms. The second-order valence-electron chi connectivity index (χ2n) is 5.62. The van der Waals surface area contributed by atoms with E-state index < -0.39 is 23.6 Å². The van der Waals surface area contributed by atoms with Crippen molar-refractivity contribution in [3.63, 3.8) is 0 Å². The molecule has 1 aliphatic rings. The van der Waals surface area contributed by atoms with E-state index in [-0.39, 0.29) is 11.5 Å². The highest BCUT2D eigenvalue weighted by atomic mass is 19.2. The fourth-order valence-corrected chi connectivity index (χ4v) is 2.79. The first-order valence-electron chi connectivity index (χ1n) is 7.64. The van der Waals surface area contributed by atoms with Crippen LogP contribution in [0.5, 0.6) is 0 Å². The molecule has 4 nitrogen and oxygen atoms in total. The number of carbonyl (C=O) groups is 2. The standard InChI is InChI=1S/C18H16F2N2O2/c19-14-7-6-13(11-15(14)20)18(24)22-9-8-21-17(23)16(22)10-12-4-2-1-3-5-12/h1-7,11,16H,8-10H2,(H,21,23). The number of amides is 2. The predicted octanol–water partition coefficient (Wildman–Crippen LogP) is 2.15. The van der Waals surface area contributed by atoms with Crippen LogP contribution in [0.25, 0.3) is 0 Å². The lowest BCUT2D eigenvalue weighted by Gasteiger charge is -2.35. The SMILES string of the molecule is O=C1NCCN(C(=O)c2ccc(F)c(F)c2)C1Cc1ccccc1. The van der Waals surface area contributed by atoms with E-state index in [0.29, 0.717) is 19.5 Å². The summed E-state index contributed by atoms with van der Waals surface area (Å²) in [5.41, 5.74) is 0.948. The van der Waals surface area contributed by atoms with Crippen molar-refractivity contribution in [2.75, 3.05) is 13.1 Å². The minimum Gasteiger partial charge on any atom is -0.353 e. The van der Waals surface area contributed by atoms with E-state index in [2.05, 4.69) is 5.32 Å². The van der Waals surface area contributed by atoms with E-state index in [4.69, 9.17) is 0 Å². The Balaban J connectivity index is 1.86. The Bertz CT molecular complexity index is 765. The first-order chi connectivity index (χ1) is 11.6. The van der Waals surface area contributed by atoms with Crippen LogP contribution in [-0.2, 0) is 11.2 Å². The van der Waals surface area contributed by atoms with Crippen molar-refractivity contribution in [1.82, 2.24) is 10.2 Å². The van der Waals surface area contributed by atoms with Gasteiger partial charge in [0.2, 0.25) is 5.91 Å². The van der Waals surface area contributed by atoms with Gasteiger partial charge >= 0.3 is 0 Å². The Morgan fingerprint density at radius 1 is 1.12 bits per heavy atom. The third kappa shape index (κ3) is 3.27. The van der Waals surface area contributed by atoms with E-state index in [1.54, 1.807) is 0 Å². The highest BCUT2D eigenvalue weighted by molar-refractivity contribution is 5.98. The molecule has 2 aromatic rings. The van der Waals surface area contributed by atoms with Crippen LogP contribution in [0.15, 0.2) is 48.5 Å². The number of nitrogens with zero attached hydrogens (tertiary/aromatic N) is 1. The number of carbonyl (C=O) groups excluding carboxylic acids is 2. The lowest BCUT2D eigenvalue weighted by atomic mass is 10.0. The number of hydrogen-bond donors (Lipinski definition) is 1. The molecule has 1 N–H and O–H groups in total. The summed E-state index contributed by atoms with van der Waals surface area (Å²) in [4.78, 5) is 26.3. The minimum atomic E-state index is -1.08. The van der Waals surface area contributed by atoms with Gasteiger partial charge in [-0.1, -0.05) is 30.3 Å². The number of benzene rings is 2. The van der Waals surface area contributed by atoms with Gasteiger partial charge in [-0.3, -0.25) is 9.59 Å². The second kappa shape index (κ2) is 6.78. The Labute approximate surface area is 138 Å². The molecular weight excluding hydrogens is 314 g/mol. The molecule has 24 heavy (non-hydrogen) atoms. The molecule has 124 valence electrons. The minimum absolute atomic E-state index is 0.0293. The van der Waals surface area contributed by atoms with Crippen molar-refractivity contribution >= 4 is 11.8 Å². The lowest BCUT2D eigenvalue weighted by Crippen LogP contribution is -2.58. The molecule has 1 aliphatic heterocycles. The average Bonchev–Trinajstić information content (AvgIpc) is 2.59. The van der Waals surface area contributed by atoms with Crippen molar-refractivity contribution < 1.29 is 18.4 Å². The lowest BCUT2D eigenvalue weighted by molar-refractivity contribution is -0.127. The van der Waals surface area contributed by atoms with Crippen LogP contribution in [0.3, 0.4) is 0 Å². The first kappa shape index (κ1) is 16.1. The molecule has 1 fully saturated rings. The summed E-state index contributed by atoms with van der Waals surface area (Å²) in [6, 6.07) is 11.7. The molecule has 1 saturated heterocycles. The maximum Gasteiger partial charge on any atom is 0.254 e. The fourth-order valence-electron chi connectivity index (χ4n) is 2.79. The highest BCUT2D eigenvalue weighted by Gasteiger charge is 2.33. The van der Waals surface area contributed by atoms with Gasteiger partial charge in [0.15, 0.2) is 11.6 Å². The third-order valence-electron chi connectivity index (χ3n) is 4.03. The van der Waals surface area contributed by atoms with E-state index in [1.165, 1.54) is 11.0 Å². The van der Waals surface area contributed by atoms with Gasteiger partial charge in [0.25, 0.3) is 5.91 Å². The number of nitrogens with one attached hydrogen (secondary N) is 1. The molecule has 1 atom stereocenters. The maximum absolute atomic E-state index is 13.4. The number of hydrogen-bond acceptors (Lipinski definition) is 2. The van der Waals surface area contributed by atoms with Gasteiger partial charge < -0.3 is 10.2 Å². The van der Waals surface area contributed by atoms with Crippen molar-refractivity contribution in [2.24, 2.45) is 0 Å². The van der Waals surface area contributed by atoms with Gasteiger partial charge in [0.1, 0.15) is 6.04 Å². The van der Waals surface area contributed by atoms with E-state index in [1.807, 2.05) is 30.3 Å². The Morgan fingerprint density at radius 2 is 1.88 bits per heavy atom. The van der Waals surface area contributed by atoms with Gasteiger partial charge in [-0.25, -0.2) is 8.78 Å². The topological polar surface area (TPSA) is 49.4 Å². The quantitative estimate of drug-likeness (QED) is 0.937. The molecule has 0 spiro atoms. The Hall–Kier alpha value is -2.76. The van der Waals surface area contributed by atoms with Gasteiger partial charge in [-0.05, 0) is 23.8 Å². The summed E-state index contributed by atoms with van der Waals surface area (Å²) in [5.74, 6) is -2.82. The predicted molar refractivity (Wildman–Crippen MR) is 84.3 cm³/mol. The molecule has 0 radical (unpaired) electrons. The summed E-state index contributed by atoms with van der Waals surface area (Å²) >= 11 is 0. The smallest absolute Gasteiger partial charge is 0.254 e. The maximum atomic E-state index is 13.4. The molecule has 2 aromatic carbocycles. The zero-order valence-corrected chi connectivity index (χ0v) is 12.8. The summed E-state index contributed by atoms with van der Waals surface area (Å²) < 4.78 is 26.5. The monoisotopic (exact) mass is 330 g/mol. The van der Waals surface area contributed by atoms with Crippen LogP contribution >= 0.6 is 0 Å². The van der Waals surface area contributed by atoms with Crippen LogP contribution in [0, 0.1) is 11.6 Å². The molecule has 6 heteroatoms. The number of piperazine rings is 1. The summed E-state index contributed by atoms with van der Waals surface area (Å²) in [7, 11) is 0. The molecule has 0 saturated carbocycles. The van der Waals surface area contributed by atoms with Crippen LogP contribution in [0.2, 0.25) is 0 Å². The average molecular weight is 330 g/mol. The van der Waals surface area contributed by atoms with Gasteiger partial charge in [0, 0.05) is 25.1 Å². The van der Waals surface area contributed by atoms with Gasteiger partial charge in [-0.2, -0.15) is 0 Å². The molecule has 1 heterocycles. The highest BCUT2D eigenvalue weighted by Crippen LogP contribution is 2.17. The summed E-state index contributed by atoms with van der Waals surface area (Å²) in [5, 5.41) is 2.74. The van der Waals surface area contributed by atoms with Crippen molar-refractivity contribution in [3.05, 3.63) is 71.3 Å². The van der Waals surface area contributed by atoms with Crippen molar-refractivity contribution in [2.45, 2.75) is 12.5 Å². The van der Waals surface area contributed by atoms with E-state index >= 15 is 0 Å². The van der Waals surface area contributed by atoms with E-state index in [0.717, 1.165) is 17.7 Å². The van der Waals surface area contributed by atoms with Crippen molar-refractivity contribution in [1.29, 1.82) is 0 Å². The molecule has 0 aromatic heterocycles. The van der Waals surface area contributed by atoms with Crippen molar-refractivity contribution in [3.8, 4) is 0 Å². The van der Waals surface area contributed by atoms with Crippen LogP contribution in [0.1, 0.15) is 15.9 Å². The zero-order chi connectivity index (χ0) is 17.1. The molecule has 1 unspecified atom stereocenters. The van der Waals surface area contributed by atoms with Crippen LogP contribution < -0.4 is 5.32 Å². The van der Waals surface area contributed by atoms with Gasteiger partial charge in [-0.15, -0.1) is 0 Å². The van der Waals surface area contributed by atoms with Crippen LogP contribution in [-0.4, -0.2) is 35.8 Å². The number of halogens is 2. The third-order valence-corrected chi connectivity index (χ3v) is 4.03. The van der Waals surface area contributed by atoms with Gasteiger partial charge in [0.05, 0.1) is 0 Å². The first-order valence-corrected chi connectivity index (χ1v) is 7.64. The molecule has 0 aliphatic carbocycles. The van der Waals surface area contributed by atoms with Crippen LogP contribution in [0.4, 0.5) is 8.78 Å². The van der Waals surface area contributed by atoms with E-state index in [9.17, 15) is 18.4 Å². The molecule has 2 amide bonds. The largest absolute Gasteiger partial charge is 0.353 e. The fraction of sp³-hybridized carbons (Fsp3) is 0.222. The molecular formula is C18H16F2N2O2. The Morgan fingerprint density at radius 3 is 2.58 bits per heavy atom. The summed E-state index contributed by atoms with van der Waals surface area (Å²) in [6.07, 6.45) is 0.363.